The highest BCUT2D eigenvalue weighted by molar-refractivity contribution is 5.90. The lowest BCUT2D eigenvalue weighted by atomic mass is 10.2. The Balaban J connectivity index is 1.79. The summed E-state index contributed by atoms with van der Waals surface area (Å²) in [4.78, 5) is 27.2. The molecule has 1 aromatic carbocycles. The van der Waals surface area contributed by atoms with Crippen LogP contribution in [-0.4, -0.2) is 23.5 Å². The third kappa shape index (κ3) is 4.37. The first kappa shape index (κ1) is 15.6. The molecule has 1 amide bonds. The summed E-state index contributed by atoms with van der Waals surface area (Å²) in [5.74, 6) is -1.53. The molecule has 0 fully saturated rings. The average Bonchev–Trinajstić information content (AvgIpc) is 2.52. The number of nitrogens with one attached hydrogen (secondary N) is 1. The van der Waals surface area contributed by atoms with Gasteiger partial charge in [0, 0.05) is 24.0 Å². The Morgan fingerprint density at radius 1 is 1.23 bits per heavy atom. The lowest BCUT2D eigenvalue weighted by molar-refractivity contribution is -0.124. The Kier molecular flexibility index (Phi) is 5.19. The SMILES string of the molecule is Cc1ccc(C(=O)OCC(=O)NCc2ccccc2F)cn1. The van der Waals surface area contributed by atoms with Gasteiger partial charge in [-0.15, -0.1) is 0 Å². The standard InChI is InChI=1S/C16H15FN2O3/c1-11-6-7-13(9-18-11)16(21)22-10-15(20)19-8-12-4-2-3-5-14(12)17/h2-7,9H,8,10H2,1H3,(H,19,20). The molecule has 0 aliphatic rings. The van der Waals surface area contributed by atoms with Gasteiger partial charge < -0.3 is 10.1 Å². The number of halogens is 1. The summed E-state index contributed by atoms with van der Waals surface area (Å²) >= 11 is 0. The van der Waals surface area contributed by atoms with Crippen LogP contribution in [0.3, 0.4) is 0 Å². The quantitative estimate of drug-likeness (QED) is 0.858. The van der Waals surface area contributed by atoms with E-state index in [0.29, 0.717) is 5.56 Å². The Hall–Kier alpha value is -2.76. The Bertz CT molecular complexity index is 671. The lowest BCUT2D eigenvalue weighted by Gasteiger charge is -2.07. The number of aryl methyl sites for hydroxylation is 1. The van der Waals surface area contributed by atoms with Gasteiger partial charge in [-0.25, -0.2) is 9.18 Å². The summed E-state index contributed by atoms with van der Waals surface area (Å²) in [6.07, 6.45) is 1.38. The highest BCUT2D eigenvalue weighted by atomic mass is 19.1. The minimum atomic E-state index is -0.631. The van der Waals surface area contributed by atoms with Crippen LogP contribution in [0.5, 0.6) is 0 Å². The van der Waals surface area contributed by atoms with Crippen LogP contribution < -0.4 is 5.32 Å². The molecule has 5 nitrogen and oxygen atoms in total. The minimum absolute atomic E-state index is 0.0368. The maximum atomic E-state index is 13.4. The molecule has 0 aliphatic carbocycles. The maximum Gasteiger partial charge on any atom is 0.340 e. The zero-order chi connectivity index (χ0) is 15.9. The highest BCUT2D eigenvalue weighted by Gasteiger charge is 2.10. The topological polar surface area (TPSA) is 68.3 Å². The molecule has 0 aliphatic heterocycles. The fraction of sp³-hybridized carbons (Fsp3) is 0.188. The van der Waals surface area contributed by atoms with E-state index < -0.39 is 24.3 Å². The van der Waals surface area contributed by atoms with Crippen molar-refractivity contribution in [3.8, 4) is 0 Å². The zero-order valence-electron chi connectivity index (χ0n) is 12.0. The lowest BCUT2D eigenvalue weighted by Crippen LogP contribution is -2.28. The number of esters is 1. The summed E-state index contributed by atoms with van der Waals surface area (Å²) in [5.41, 5.74) is 1.41. The normalized spacial score (nSPS) is 10.1. The van der Waals surface area contributed by atoms with Crippen LogP contribution in [-0.2, 0) is 16.1 Å². The zero-order valence-corrected chi connectivity index (χ0v) is 12.0. The van der Waals surface area contributed by atoms with E-state index in [0.717, 1.165) is 5.69 Å². The van der Waals surface area contributed by atoms with Crippen LogP contribution in [0.1, 0.15) is 21.6 Å². The van der Waals surface area contributed by atoms with Gasteiger partial charge in [-0.3, -0.25) is 9.78 Å². The average molecular weight is 302 g/mol. The molecule has 2 aromatic rings. The summed E-state index contributed by atoms with van der Waals surface area (Å²) in [5, 5.41) is 2.48. The number of nitrogens with zero attached hydrogens (tertiary/aromatic N) is 1. The van der Waals surface area contributed by atoms with Gasteiger partial charge in [-0.05, 0) is 25.1 Å². The smallest absolute Gasteiger partial charge is 0.340 e. The van der Waals surface area contributed by atoms with Crippen molar-refractivity contribution in [3.63, 3.8) is 0 Å². The minimum Gasteiger partial charge on any atom is -0.452 e. The molecule has 0 unspecified atom stereocenters. The Morgan fingerprint density at radius 3 is 2.68 bits per heavy atom. The molecule has 114 valence electrons. The Morgan fingerprint density at radius 2 is 2.00 bits per heavy atom. The number of carbonyl (C=O) groups is 2. The molecule has 0 saturated heterocycles. The number of hydrogen-bond acceptors (Lipinski definition) is 4. The second-order valence-electron chi connectivity index (χ2n) is 4.63. The number of pyridine rings is 1. The predicted molar refractivity (Wildman–Crippen MR) is 77.5 cm³/mol. The van der Waals surface area contributed by atoms with E-state index in [1.54, 1.807) is 37.3 Å². The number of rotatable bonds is 5. The third-order valence-corrected chi connectivity index (χ3v) is 2.92. The molecule has 0 spiro atoms. The third-order valence-electron chi connectivity index (χ3n) is 2.92. The summed E-state index contributed by atoms with van der Waals surface area (Å²) in [6, 6.07) is 9.37. The predicted octanol–water partition coefficient (Wildman–Crippen LogP) is 2.00. The molecule has 2 rings (SSSR count). The van der Waals surface area contributed by atoms with Gasteiger partial charge >= 0.3 is 5.97 Å². The molecule has 1 N–H and O–H groups in total. The van der Waals surface area contributed by atoms with E-state index in [-0.39, 0.29) is 12.1 Å². The van der Waals surface area contributed by atoms with Crippen LogP contribution >= 0.6 is 0 Å². The second-order valence-corrected chi connectivity index (χ2v) is 4.63. The molecule has 0 radical (unpaired) electrons. The number of hydrogen-bond donors (Lipinski definition) is 1. The van der Waals surface area contributed by atoms with Gasteiger partial charge in [-0.1, -0.05) is 18.2 Å². The molecule has 0 saturated carbocycles. The first-order chi connectivity index (χ1) is 10.6. The summed E-state index contributed by atoms with van der Waals surface area (Å²) in [6.45, 7) is 1.40. The van der Waals surface area contributed by atoms with E-state index >= 15 is 0 Å². The van der Waals surface area contributed by atoms with Gasteiger partial charge in [0.2, 0.25) is 0 Å². The van der Waals surface area contributed by atoms with Crippen LogP contribution in [0.25, 0.3) is 0 Å². The number of aromatic nitrogens is 1. The second kappa shape index (κ2) is 7.31. The first-order valence-corrected chi connectivity index (χ1v) is 6.66. The molecule has 6 heteroatoms. The van der Waals surface area contributed by atoms with Gasteiger partial charge in [0.15, 0.2) is 6.61 Å². The molecule has 0 bridgehead atoms. The van der Waals surface area contributed by atoms with E-state index in [2.05, 4.69) is 10.3 Å². The van der Waals surface area contributed by atoms with Gasteiger partial charge in [0.05, 0.1) is 5.56 Å². The molecule has 1 heterocycles. The van der Waals surface area contributed by atoms with E-state index in [9.17, 15) is 14.0 Å². The fourth-order valence-electron chi connectivity index (χ4n) is 1.69. The maximum absolute atomic E-state index is 13.4. The molecule has 22 heavy (non-hydrogen) atoms. The van der Waals surface area contributed by atoms with Crippen LogP contribution in [0.4, 0.5) is 4.39 Å². The number of benzene rings is 1. The summed E-state index contributed by atoms with van der Waals surface area (Å²) in [7, 11) is 0. The van der Waals surface area contributed by atoms with E-state index in [4.69, 9.17) is 4.74 Å². The van der Waals surface area contributed by atoms with Gasteiger partial charge in [-0.2, -0.15) is 0 Å². The van der Waals surface area contributed by atoms with Crippen LogP contribution in [0.15, 0.2) is 42.6 Å². The Labute approximate surface area is 127 Å². The monoisotopic (exact) mass is 302 g/mol. The van der Waals surface area contributed by atoms with Crippen molar-refractivity contribution in [1.29, 1.82) is 0 Å². The molecular formula is C16H15FN2O3. The molecule has 1 aromatic heterocycles. The largest absolute Gasteiger partial charge is 0.452 e. The van der Waals surface area contributed by atoms with Crippen LogP contribution in [0.2, 0.25) is 0 Å². The van der Waals surface area contributed by atoms with Crippen molar-refractivity contribution in [2.24, 2.45) is 0 Å². The van der Waals surface area contributed by atoms with Crippen molar-refractivity contribution >= 4 is 11.9 Å². The van der Waals surface area contributed by atoms with Crippen LogP contribution in [0, 0.1) is 12.7 Å². The van der Waals surface area contributed by atoms with Crippen molar-refractivity contribution in [3.05, 3.63) is 65.2 Å². The van der Waals surface area contributed by atoms with E-state index in [1.165, 1.54) is 12.3 Å². The van der Waals surface area contributed by atoms with Crippen molar-refractivity contribution in [2.75, 3.05) is 6.61 Å². The number of amides is 1. The molecule has 0 atom stereocenters. The van der Waals surface area contributed by atoms with Gasteiger partial charge in [0.1, 0.15) is 5.82 Å². The van der Waals surface area contributed by atoms with Crippen molar-refractivity contribution in [2.45, 2.75) is 13.5 Å². The fourth-order valence-corrected chi connectivity index (χ4v) is 1.69. The number of carbonyl (C=O) groups excluding carboxylic acids is 2. The van der Waals surface area contributed by atoms with Crippen molar-refractivity contribution < 1.29 is 18.7 Å². The number of ether oxygens (including phenoxy) is 1. The van der Waals surface area contributed by atoms with Gasteiger partial charge in [0.25, 0.3) is 5.91 Å². The van der Waals surface area contributed by atoms with E-state index in [1.807, 2.05) is 0 Å². The molecular weight excluding hydrogens is 287 g/mol. The summed E-state index contributed by atoms with van der Waals surface area (Å²) < 4.78 is 18.2. The van der Waals surface area contributed by atoms with Crippen molar-refractivity contribution in [1.82, 2.24) is 10.3 Å². The highest BCUT2D eigenvalue weighted by Crippen LogP contribution is 2.05. The first-order valence-electron chi connectivity index (χ1n) is 6.66.